The lowest BCUT2D eigenvalue weighted by molar-refractivity contribution is -0.138. The molecule has 5 nitrogen and oxygen atoms in total. The minimum absolute atomic E-state index is 0.496. The van der Waals surface area contributed by atoms with Crippen molar-refractivity contribution in [2.24, 2.45) is 0 Å². The summed E-state index contributed by atoms with van der Waals surface area (Å²) in [6, 6.07) is 7.22. The molecule has 1 aromatic carbocycles. The first-order valence-corrected chi connectivity index (χ1v) is 4.86. The summed E-state index contributed by atoms with van der Waals surface area (Å²) in [5, 5.41) is 12.8. The summed E-state index contributed by atoms with van der Waals surface area (Å²) in [7, 11) is 0. The zero-order valence-electron chi connectivity index (χ0n) is 8.74. The highest BCUT2D eigenvalue weighted by molar-refractivity contribution is 5.75. The van der Waals surface area contributed by atoms with Crippen LogP contribution in [0.1, 0.15) is 18.4 Å². The van der Waals surface area contributed by atoms with Crippen LogP contribution < -0.4 is 0 Å². The van der Waals surface area contributed by atoms with E-state index in [1.807, 2.05) is 12.1 Å². The van der Waals surface area contributed by atoms with Crippen LogP contribution in [-0.2, 0) is 4.79 Å². The zero-order chi connectivity index (χ0) is 11.5. The molecule has 0 radical (unpaired) electrons. The number of carboxylic acids is 1. The molecule has 1 aromatic heterocycles. The van der Waals surface area contributed by atoms with Crippen LogP contribution in [0.5, 0.6) is 0 Å². The maximum Gasteiger partial charge on any atom is 0.310 e. The van der Waals surface area contributed by atoms with Crippen LogP contribution in [0.3, 0.4) is 0 Å². The molecule has 2 aromatic rings. The molecule has 0 aliphatic rings. The first kappa shape index (κ1) is 10.4. The average Bonchev–Trinajstić information content (AvgIpc) is 2.81. The maximum atomic E-state index is 10.8. The average molecular weight is 217 g/mol. The van der Waals surface area contributed by atoms with Crippen LogP contribution in [0.4, 0.5) is 0 Å². The molecule has 2 rings (SSSR count). The Labute approximate surface area is 92.4 Å². The Morgan fingerprint density at radius 3 is 2.56 bits per heavy atom. The van der Waals surface area contributed by atoms with Gasteiger partial charge in [0.25, 0.3) is 0 Å². The number of hydrogen-bond acceptors (Lipinski definition) is 3. The van der Waals surface area contributed by atoms with Gasteiger partial charge in [-0.05, 0) is 24.6 Å². The molecule has 1 heterocycles. The summed E-state index contributed by atoms with van der Waals surface area (Å²) in [6.07, 6.45) is 3.05. The quantitative estimate of drug-likeness (QED) is 0.845. The normalized spacial score (nSPS) is 12.3. The van der Waals surface area contributed by atoms with Crippen LogP contribution in [0, 0.1) is 0 Å². The van der Waals surface area contributed by atoms with Gasteiger partial charge in [0.1, 0.15) is 12.7 Å². The molecule has 5 heteroatoms. The Morgan fingerprint density at radius 1 is 1.38 bits per heavy atom. The van der Waals surface area contributed by atoms with Crippen molar-refractivity contribution in [2.45, 2.75) is 12.8 Å². The fourth-order valence-corrected chi connectivity index (χ4v) is 1.40. The highest BCUT2D eigenvalue weighted by atomic mass is 16.4. The van der Waals surface area contributed by atoms with E-state index in [0.29, 0.717) is 0 Å². The summed E-state index contributed by atoms with van der Waals surface area (Å²) in [5.41, 5.74) is 1.63. The third-order valence-electron chi connectivity index (χ3n) is 2.45. The second-order valence-electron chi connectivity index (χ2n) is 3.49. The standard InChI is InChI=1S/C11H11N3O2/c1-8(11(15)16)9-2-4-10(5-3-9)14-7-12-6-13-14/h2-8H,1H3,(H,15,16). The number of nitrogens with zero attached hydrogens (tertiary/aromatic N) is 3. The fraction of sp³-hybridized carbons (Fsp3) is 0.182. The van der Waals surface area contributed by atoms with E-state index in [-0.39, 0.29) is 0 Å². The molecule has 0 aliphatic carbocycles. The van der Waals surface area contributed by atoms with Crippen molar-refractivity contribution in [3.05, 3.63) is 42.5 Å². The van der Waals surface area contributed by atoms with Crippen LogP contribution in [-0.4, -0.2) is 25.8 Å². The Hall–Kier alpha value is -2.17. The summed E-state index contributed by atoms with van der Waals surface area (Å²) < 4.78 is 1.62. The number of carbonyl (C=O) groups is 1. The Morgan fingerprint density at radius 2 is 2.06 bits per heavy atom. The minimum atomic E-state index is -0.825. The SMILES string of the molecule is CC(C(=O)O)c1ccc(-n2cncn2)cc1. The third kappa shape index (κ3) is 1.93. The Bertz CT molecular complexity index is 476. The van der Waals surface area contributed by atoms with E-state index in [1.54, 1.807) is 30.1 Å². The van der Waals surface area contributed by atoms with E-state index in [9.17, 15) is 4.79 Å². The van der Waals surface area contributed by atoms with Gasteiger partial charge in [0.2, 0.25) is 0 Å². The molecule has 16 heavy (non-hydrogen) atoms. The number of benzene rings is 1. The molecule has 0 spiro atoms. The van der Waals surface area contributed by atoms with Crippen LogP contribution in [0.15, 0.2) is 36.9 Å². The van der Waals surface area contributed by atoms with Gasteiger partial charge in [-0.15, -0.1) is 0 Å². The van der Waals surface area contributed by atoms with E-state index in [2.05, 4.69) is 10.1 Å². The first-order chi connectivity index (χ1) is 7.68. The second kappa shape index (κ2) is 4.14. The molecule has 1 N–H and O–H groups in total. The van der Waals surface area contributed by atoms with Crippen molar-refractivity contribution in [3.8, 4) is 5.69 Å². The van der Waals surface area contributed by atoms with Crippen molar-refractivity contribution in [2.75, 3.05) is 0 Å². The molecule has 1 unspecified atom stereocenters. The van der Waals surface area contributed by atoms with Crippen molar-refractivity contribution < 1.29 is 9.90 Å². The predicted molar refractivity (Wildman–Crippen MR) is 57.4 cm³/mol. The van der Waals surface area contributed by atoms with E-state index >= 15 is 0 Å². The number of carboxylic acid groups (broad SMARTS) is 1. The molecular weight excluding hydrogens is 206 g/mol. The molecule has 1 atom stereocenters. The van der Waals surface area contributed by atoms with Crippen molar-refractivity contribution >= 4 is 5.97 Å². The van der Waals surface area contributed by atoms with Crippen molar-refractivity contribution in [3.63, 3.8) is 0 Å². The van der Waals surface area contributed by atoms with Gasteiger partial charge in [-0.1, -0.05) is 12.1 Å². The summed E-state index contributed by atoms with van der Waals surface area (Å²) in [6.45, 7) is 1.66. The number of aliphatic carboxylic acids is 1. The number of rotatable bonds is 3. The molecule has 82 valence electrons. The van der Waals surface area contributed by atoms with Crippen molar-refractivity contribution in [1.82, 2.24) is 14.8 Å². The molecule has 0 amide bonds. The molecule has 0 aliphatic heterocycles. The summed E-state index contributed by atoms with van der Waals surface area (Å²) in [5.74, 6) is -1.32. The van der Waals surface area contributed by atoms with Crippen LogP contribution in [0.2, 0.25) is 0 Å². The molecule has 0 saturated carbocycles. The largest absolute Gasteiger partial charge is 0.481 e. The van der Waals surface area contributed by atoms with Gasteiger partial charge in [-0.25, -0.2) is 9.67 Å². The summed E-state index contributed by atoms with van der Waals surface area (Å²) in [4.78, 5) is 14.6. The molecule has 0 fully saturated rings. The topological polar surface area (TPSA) is 68.0 Å². The Balaban J connectivity index is 2.26. The third-order valence-corrected chi connectivity index (χ3v) is 2.45. The van der Waals surface area contributed by atoms with Crippen LogP contribution >= 0.6 is 0 Å². The van der Waals surface area contributed by atoms with Gasteiger partial charge in [-0.2, -0.15) is 5.10 Å². The van der Waals surface area contributed by atoms with Gasteiger partial charge < -0.3 is 5.11 Å². The predicted octanol–water partition coefficient (Wildman–Crippen LogP) is 1.46. The number of aromatic nitrogens is 3. The van der Waals surface area contributed by atoms with E-state index in [0.717, 1.165) is 11.3 Å². The van der Waals surface area contributed by atoms with Crippen molar-refractivity contribution in [1.29, 1.82) is 0 Å². The van der Waals surface area contributed by atoms with Gasteiger partial charge in [0.15, 0.2) is 0 Å². The summed E-state index contributed by atoms with van der Waals surface area (Å²) >= 11 is 0. The maximum absolute atomic E-state index is 10.8. The fourth-order valence-electron chi connectivity index (χ4n) is 1.40. The highest BCUT2D eigenvalue weighted by Crippen LogP contribution is 2.17. The van der Waals surface area contributed by atoms with E-state index in [4.69, 9.17) is 5.11 Å². The molecule has 0 bridgehead atoms. The minimum Gasteiger partial charge on any atom is -0.481 e. The molecule has 0 saturated heterocycles. The van der Waals surface area contributed by atoms with E-state index in [1.165, 1.54) is 6.33 Å². The van der Waals surface area contributed by atoms with Gasteiger partial charge in [-0.3, -0.25) is 4.79 Å². The monoisotopic (exact) mass is 217 g/mol. The van der Waals surface area contributed by atoms with Gasteiger partial charge in [0, 0.05) is 0 Å². The lowest BCUT2D eigenvalue weighted by Gasteiger charge is -2.07. The van der Waals surface area contributed by atoms with Gasteiger partial charge >= 0.3 is 5.97 Å². The number of hydrogen-bond donors (Lipinski definition) is 1. The van der Waals surface area contributed by atoms with E-state index < -0.39 is 11.9 Å². The lowest BCUT2D eigenvalue weighted by Crippen LogP contribution is -2.07. The van der Waals surface area contributed by atoms with Crippen LogP contribution in [0.25, 0.3) is 5.69 Å². The smallest absolute Gasteiger partial charge is 0.310 e. The van der Waals surface area contributed by atoms with Gasteiger partial charge in [0.05, 0.1) is 11.6 Å². The second-order valence-corrected chi connectivity index (χ2v) is 3.49. The molecular formula is C11H11N3O2. The zero-order valence-corrected chi connectivity index (χ0v) is 8.74. The first-order valence-electron chi connectivity index (χ1n) is 4.86. The Kier molecular flexibility index (Phi) is 2.68. The highest BCUT2D eigenvalue weighted by Gasteiger charge is 2.13. The lowest BCUT2D eigenvalue weighted by atomic mass is 10.0.